The van der Waals surface area contributed by atoms with Crippen molar-refractivity contribution in [1.29, 1.82) is 0 Å². The first kappa shape index (κ1) is 20.8. The van der Waals surface area contributed by atoms with E-state index in [1.165, 1.54) is 46.8 Å². The number of benzene rings is 2. The largest absolute Gasteiger partial charge is 0.322 e. The molecule has 1 aliphatic heterocycles. The number of hydrogen-bond donors (Lipinski definition) is 1. The van der Waals surface area contributed by atoms with E-state index in [0.717, 1.165) is 19.1 Å². The molecule has 1 heterocycles. The number of nitrogens with zero attached hydrogens (tertiary/aromatic N) is 1. The Morgan fingerprint density at radius 3 is 2.18 bits per heavy atom. The van der Waals surface area contributed by atoms with Crippen molar-refractivity contribution in [2.24, 2.45) is 0 Å². The van der Waals surface area contributed by atoms with Gasteiger partial charge in [0.2, 0.25) is 10.0 Å². The highest BCUT2D eigenvalue weighted by Gasteiger charge is 2.29. The van der Waals surface area contributed by atoms with Crippen molar-refractivity contribution < 1.29 is 21.6 Å². The number of sulfonamides is 1. The Hall–Kier alpha value is -1.94. The Morgan fingerprint density at radius 1 is 1.00 bits per heavy atom. The zero-order valence-corrected chi connectivity index (χ0v) is 17.4. The molecule has 1 fully saturated rings. The SMILES string of the molecule is CS(=O)(=O)c1ccc(NC(=O)c2ccc(Cl)c(S(=O)(=O)N3CCCC3)c2)cc1. The Morgan fingerprint density at radius 2 is 1.61 bits per heavy atom. The van der Waals surface area contributed by atoms with Crippen molar-refractivity contribution in [1.82, 2.24) is 4.31 Å². The first-order valence-electron chi connectivity index (χ1n) is 8.50. The molecule has 0 radical (unpaired) electrons. The molecular weight excluding hydrogens is 424 g/mol. The second kappa shape index (κ2) is 7.82. The van der Waals surface area contributed by atoms with Crippen LogP contribution in [-0.4, -0.2) is 46.4 Å². The van der Waals surface area contributed by atoms with Gasteiger partial charge in [-0.15, -0.1) is 0 Å². The van der Waals surface area contributed by atoms with Crippen LogP contribution in [0, 0.1) is 0 Å². The van der Waals surface area contributed by atoms with Crippen LogP contribution in [0.5, 0.6) is 0 Å². The van der Waals surface area contributed by atoms with Crippen molar-refractivity contribution in [2.75, 3.05) is 24.7 Å². The van der Waals surface area contributed by atoms with Gasteiger partial charge in [-0.3, -0.25) is 4.79 Å². The maximum absolute atomic E-state index is 12.8. The van der Waals surface area contributed by atoms with Crippen LogP contribution in [-0.2, 0) is 19.9 Å². The van der Waals surface area contributed by atoms with E-state index in [9.17, 15) is 21.6 Å². The van der Waals surface area contributed by atoms with Gasteiger partial charge < -0.3 is 5.32 Å². The topological polar surface area (TPSA) is 101 Å². The average molecular weight is 443 g/mol. The second-order valence-corrected chi connectivity index (χ2v) is 10.8. The maximum atomic E-state index is 12.8. The molecule has 2 aromatic rings. The molecule has 1 saturated heterocycles. The van der Waals surface area contributed by atoms with Gasteiger partial charge in [-0.1, -0.05) is 11.6 Å². The highest BCUT2D eigenvalue weighted by atomic mass is 35.5. The van der Waals surface area contributed by atoms with Crippen molar-refractivity contribution in [3.05, 3.63) is 53.1 Å². The number of nitrogens with one attached hydrogen (secondary N) is 1. The number of sulfone groups is 1. The number of rotatable bonds is 5. The number of halogens is 1. The summed E-state index contributed by atoms with van der Waals surface area (Å²) in [4.78, 5) is 12.6. The number of carbonyl (C=O) groups excluding carboxylic acids is 1. The summed E-state index contributed by atoms with van der Waals surface area (Å²) >= 11 is 6.09. The third kappa shape index (κ3) is 4.38. The summed E-state index contributed by atoms with van der Waals surface area (Å²) in [5.41, 5.74) is 0.519. The number of carbonyl (C=O) groups is 1. The maximum Gasteiger partial charge on any atom is 0.255 e. The number of amides is 1. The third-order valence-corrected chi connectivity index (χ3v) is 7.93. The lowest BCUT2D eigenvalue weighted by Crippen LogP contribution is -2.28. The first-order valence-corrected chi connectivity index (χ1v) is 12.2. The molecule has 3 rings (SSSR count). The van der Waals surface area contributed by atoms with Crippen LogP contribution in [0.4, 0.5) is 5.69 Å². The molecule has 1 amide bonds. The Bertz CT molecular complexity index is 1110. The third-order valence-electron chi connectivity index (χ3n) is 4.42. The molecule has 0 bridgehead atoms. The molecule has 0 spiro atoms. The van der Waals surface area contributed by atoms with E-state index in [0.29, 0.717) is 18.8 Å². The summed E-state index contributed by atoms with van der Waals surface area (Å²) in [6, 6.07) is 9.78. The van der Waals surface area contributed by atoms with Gasteiger partial charge in [0.15, 0.2) is 9.84 Å². The summed E-state index contributed by atoms with van der Waals surface area (Å²) in [7, 11) is -7.10. The average Bonchev–Trinajstić information content (AvgIpc) is 3.17. The fraction of sp³-hybridized carbons (Fsp3) is 0.278. The highest BCUT2D eigenvalue weighted by Crippen LogP contribution is 2.28. The van der Waals surface area contributed by atoms with Gasteiger partial charge in [-0.25, -0.2) is 16.8 Å². The predicted octanol–water partition coefficient (Wildman–Crippen LogP) is 2.78. The number of hydrogen-bond acceptors (Lipinski definition) is 5. The highest BCUT2D eigenvalue weighted by molar-refractivity contribution is 7.90. The summed E-state index contributed by atoms with van der Waals surface area (Å²) in [5.74, 6) is -0.526. The van der Waals surface area contributed by atoms with Crippen molar-refractivity contribution in [2.45, 2.75) is 22.6 Å². The van der Waals surface area contributed by atoms with E-state index >= 15 is 0 Å². The fourth-order valence-electron chi connectivity index (χ4n) is 2.90. The molecule has 0 aromatic heterocycles. The minimum Gasteiger partial charge on any atom is -0.322 e. The van der Waals surface area contributed by atoms with Crippen LogP contribution >= 0.6 is 11.6 Å². The molecule has 0 saturated carbocycles. The smallest absolute Gasteiger partial charge is 0.255 e. The molecule has 0 aliphatic carbocycles. The van der Waals surface area contributed by atoms with Crippen molar-refractivity contribution >= 4 is 43.1 Å². The van der Waals surface area contributed by atoms with Gasteiger partial charge in [-0.05, 0) is 55.3 Å². The van der Waals surface area contributed by atoms with E-state index in [2.05, 4.69) is 5.32 Å². The van der Waals surface area contributed by atoms with E-state index in [4.69, 9.17) is 11.6 Å². The molecule has 0 unspecified atom stereocenters. The molecular formula is C18H19ClN2O5S2. The first-order chi connectivity index (χ1) is 13.1. The number of anilines is 1. The summed E-state index contributed by atoms with van der Waals surface area (Å²) in [6.45, 7) is 0.865. The van der Waals surface area contributed by atoms with Gasteiger partial charge in [0.1, 0.15) is 4.90 Å². The van der Waals surface area contributed by atoms with E-state index in [-0.39, 0.29) is 20.4 Å². The zero-order valence-electron chi connectivity index (χ0n) is 15.1. The van der Waals surface area contributed by atoms with Gasteiger partial charge in [-0.2, -0.15) is 4.31 Å². The van der Waals surface area contributed by atoms with Crippen molar-refractivity contribution in [3.63, 3.8) is 0 Å². The Balaban J connectivity index is 1.85. The standard InChI is InChI=1S/C18H19ClN2O5S2/c1-27(23,24)15-7-5-14(6-8-15)20-18(22)13-4-9-16(19)17(12-13)28(25,26)21-10-2-3-11-21/h4-9,12H,2-3,10-11H2,1H3,(H,20,22). The molecule has 28 heavy (non-hydrogen) atoms. The van der Waals surface area contributed by atoms with E-state index in [1.54, 1.807) is 0 Å². The van der Waals surface area contributed by atoms with E-state index < -0.39 is 25.8 Å². The van der Waals surface area contributed by atoms with Crippen LogP contribution in [0.25, 0.3) is 0 Å². The van der Waals surface area contributed by atoms with Gasteiger partial charge in [0.25, 0.3) is 5.91 Å². The lowest BCUT2D eigenvalue weighted by atomic mass is 10.2. The monoisotopic (exact) mass is 442 g/mol. The Labute approximate surface area is 169 Å². The summed E-state index contributed by atoms with van der Waals surface area (Å²) in [5, 5.41) is 2.68. The van der Waals surface area contributed by atoms with Gasteiger partial charge in [0, 0.05) is 30.6 Å². The molecule has 1 N–H and O–H groups in total. The molecule has 0 atom stereocenters. The summed E-state index contributed by atoms with van der Waals surface area (Å²) < 4.78 is 49.9. The van der Waals surface area contributed by atoms with Crippen LogP contribution in [0.3, 0.4) is 0 Å². The van der Waals surface area contributed by atoms with Crippen LogP contribution in [0.2, 0.25) is 5.02 Å². The minimum absolute atomic E-state index is 0.0564. The van der Waals surface area contributed by atoms with Gasteiger partial charge in [0.05, 0.1) is 9.92 Å². The molecule has 7 nitrogen and oxygen atoms in total. The normalized spacial score (nSPS) is 15.5. The van der Waals surface area contributed by atoms with Gasteiger partial charge >= 0.3 is 0 Å². The minimum atomic E-state index is -3.77. The predicted molar refractivity (Wildman–Crippen MR) is 107 cm³/mol. The molecule has 10 heteroatoms. The van der Waals surface area contributed by atoms with Crippen LogP contribution in [0.15, 0.2) is 52.3 Å². The zero-order chi connectivity index (χ0) is 20.5. The second-order valence-electron chi connectivity index (χ2n) is 6.51. The molecule has 1 aliphatic rings. The summed E-state index contributed by atoms with van der Waals surface area (Å²) in [6.07, 6.45) is 2.68. The van der Waals surface area contributed by atoms with Crippen LogP contribution in [0.1, 0.15) is 23.2 Å². The lowest BCUT2D eigenvalue weighted by Gasteiger charge is -2.17. The van der Waals surface area contributed by atoms with Crippen molar-refractivity contribution in [3.8, 4) is 0 Å². The lowest BCUT2D eigenvalue weighted by molar-refractivity contribution is 0.102. The Kier molecular flexibility index (Phi) is 5.81. The molecule has 150 valence electrons. The van der Waals surface area contributed by atoms with Crippen LogP contribution < -0.4 is 5.32 Å². The molecule has 2 aromatic carbocycles. The quantitative estimate of drug-likeness (QED) is 0.767. The fourth-order valence-corrected chi connectivity index (χ4v) is 5.55. The van der Waals surface area contributed by atoms with E-state index in [1.807, 2.05) is 0 Å².